The van der Waals surface area contributed by atoms with E-state index in [1.807, 2.05) is 40.1 Å². The van der Waals surface area contributed by atoms with Crippen LogP contribution in [0, 0.1) is 11.7 Å². The average Bonchev–Trinajstić information content (AvgIpc) is 3.85. The maximum atomic E-state index is 14.4. The molecule has 1 saturated carbocycles. The standard InChI is InChI=1S/C33H36FN3O4S/c1-41-15-3-14-36-29-18-25(9-11-31(29)42-20-32(36)39)37(24-7-8-24)33(40)27-19-35-13-12-26(27)23-5-2-4-21(16-23)22-6-10-28(34)30(38)17-22/h2,4-6,9-11,16-18,24,26-27,35,38H,3,7-8,12-15,19-20H2,1H3/t26-,27+/m1/s1. The molecule has 2 heterocycles. The van der Waals surface area contributed by atoms with Gasteiger partial charge < -0.3 is 25.0 Å². The molecule has 0 unspecified atom stereocenters. The number of nitrogens with zero attached hydrogens (tertiary/aromatic N) is 2. The number of carbonyl (C=O) groups excluding carboxylic acids is 2. The van der Waals surface area contributed by atoms with Crippen LogP contribution in [0.4, 0.5) is 15.8 Å². The molecule has 0 aromatic heterocycles. The number of hydrogen-bond acceptors (Lipinski definition) is 6. The highest BCUT2D eigenvalue weighted by molar-refractivity contribution is 8.00. The van der Waals surface area contributed by atoms with Gasteiger partial charge in [-0.3, -0.25) is 9.59 Å². The fourth-order valence-electron chi connectivity index (χ4n) is 6.14. The van der Waals surface area contributed by atoms with Crippen molar-refractivity contribution in [2.75, 3.05) is 48.9 Å². The van der Waals surface area contributed by atoms with Gasteiger partial charge in [-0.2, -0.15) is 0 Å². The van der Waals surface area contributed by atoms with Crippen molar-refractivity contribution in [3.63, 3.8) is 0 Å². The highest BCUT2D eigenvalue weighted by Crippen LogP contribution is 2.43. The van der Waals surface area contributed by atoms with Crippen molar-refractivity contribution >= 4 is 35.0 Å². The Labute approximate surface area is 250 Å². The van der Waals surface area contributed by atoms with E-state index < -0.39 is 5.82 Å². The first-order valence-corrected chi connectivity index (χ1v) is 15.6. The van der Waals surface area contributed by atoms with Gasteiger partial charge >= 0.3 is 0 Å². The van der Waals surface area contributed by atoms with E-state index in [1.165, 1.54) is 12.1 Å². The zero-order valence-electron chi connectivity index (χ0n) is 23.7. The molecule has 7 nitrogen and oxygen atoms in total. The third kappa shape index (κ3) is 5.91. The van der Waals surface area contributed by atoms with Gasteiger partial charge in [0.1, 0.15) is 0 Å². The maximum Gasteiger partial charge on any atom is 0.237 e. The fraction of sp³-hybridized carbons (Fsp3) is 0.394. The van der Waals surface area contributed by atoms with Crippen molar-refractivity contribution < 1.29 is 23.8 Å². The summed E-state index contributed by atoms with van der Waals surface area (Å²) in [7, 11) is 1.66. The van der Waals surface area contributed by atoms with Crippen molar-refractivity contribution in [2.24, 2.45) is 5.92 Å². The Bertz CT molecular complexity index is 1480. The van der Waals surface area contributed by atoms with Gasteiger partial charge in [0.15, 0.2) is 11.6 Å². The number of phenolic OH excluding ortho intramolecular Hbond substituents is 1. The third-order valence-electron chi connectivity index (χ3n) is 8.44. The third-order valence-corrected chi connectivity index (χ3v) is 9.48. The minimum Gasteiger partial charge on any atom is -0.505 e. The quantitative estimate of drug-likeness (QED) is 0.318. The summed E-state index contributed by atoms with van der Waals surface area (Å²) in [6.07, 6.45) is 3.48. The van der Waals surface area contributed by atoms with Gasteiger partial charge in [-0.25, -0.2) is 4.39 Å². The van der Waals surface area contributed by atoms with Gasteiger partial charge in [0.2, 0.25) is 11.8 Å². The van der Waals surface area contributed by atoms with E-state index in [9.17, 15) is 19.1 Å². The molecule has 0 bridgehead atoms. The van der Waals surface area contributed by atoms with Gasteiger partial charge in [0, 0.05) is 43.4 Å². The largest absolute Gasteiger partial charge is 0.505 e. The Kier molecular flexibility index (Phi) is 8.51. The highest BCUT2D eigenvalue weighted by atomic mass is 32.2. The van der Waals surface area contributed by atoms with Crippen molar-refractivity contribution in [1.29, 1.82) is 0 Å². The molecule has 1 saturated heterocycles. The van der Waals surface area contributed by atoms with E-state index in [0.29, 0.717) is 25.4 Å². The second-order valence-electron chi connectivity index (χ2n) is 11.3. The van der Waals surface area contributed by atoms with Crippen LogP contribution in [0.5, 0.6) is 5.75 Å². The van der Waals surface area contributed by atoms with Crippen molar-refractivity contribution in [1.82, 2.24) is 5.32 Å². The summed E-state index contributed by atoms with van der Waals surface area (Å²) < 4.78 is 18.9. The minimum atomic E-state index is -0.651. The summed E-state index contributed by atoms with van der Waals surface area (Å²) >= 11 is 1.55. The molecule has 2 fully saturated rings. The summed E-state index contributed by atoms with van der Waals surface area (Å²) in [4.78, 5) is 32.2. The number of methoxy groups -OCH3 is 1. The average molecular weight is 590 g/mol. The van der Waals surface area contributed by atoms with Crippen LogP contribution in [0.15, 0.2) is 65.6 Å². The van der Waals surface area contributed by atoms with E-state index in [1.54, 1.807) is 24.9 Å². The number of anilines is 2. The minimum absolute atomic E-state index is 0.00861. The number of piperidine rings is 1. The topological polar surface area (TPSA) is 82.1 Å². The van der Waals surface area contributed by atoms with Gasteiger partial charge in [-0.05, 0) is 85.2 Å². The number of phenols is 1. The lowest BCUT2D eigenvalue weighted by Crippen LogP contribution is -2.47. The van der Waals surface area contributed by atoms with Gasteiger partial charge in [-0.1, -0.05) is 30.3 Å². The Balaban J connectivity index is 1.29. The van der Waals surface area contributed by atoms with Crippen LogP contribution >= 0.6 is 11.8 Å². The number of carbonyl (C=O) groups is 2. The van der Waals surface area contributed by atoms with Gasteiger partial charge in [0.05, 0.1) is 17.4 Å². The molecule has 3 aliphatic rings. The first-order valence-electron chi connectivity index (χ1n) is 14.6. The van der Waals surface area contributed by atoms with E-state index in [2.05, 4.69) is 17.4 Å². The Morgan fingerprint density at radius 3 is 2.74 bits per heavy atom. The van der Waals surface area contributed by atoms with E-state index in [0.717, 1.165) is 65.2 Å². The molecule has 2 atom stereocenters. The van der Waals surface area contributed by atoms with E-state index >= 15 is 0 Å². The number of thioether (sulfide) groups is 1. The summed E-state index contributed by atoms with van der Waals surface area (Å²) in [5.41, 5.74) is 4.37. The van der Waals surface area contributed by atoms with Crippen LogP contribution in [0.1, 0.15) is 37.2 Å². The first kappa shape index (κ1) is 28.7. The smallest absolute Gasteiger partial charge is 0.237 e. The van der Waals surface area contributed by atoms with E-state index in [-0.39, 0.29) is 35.4 Å². The number of aromatic hydroxyl groups is 1. The number of ether oxygens (including phenoxy) is 1. The second-order valence-corrected chi connectivity index (χ2v) is 12.3. The Hall–Kier alpha value is -3.40. The monoisotopic (exact) mass is 589 g/mol. The number of halogens is 1. The molecule has 2 aliphatic heterocycles. The number of nitrogens with one attached hydrogen (secondary N) is 1. The molecule has 42 heavy (non-hydrogen) atoms. The first-order chi connectivity index (χ1) is 20.4. The molecule has 6 rings (SSSR count). The molecule has 2 amide bonds. The summed E-state index contributed by atoms with van der Waals surface area (Å²) in [5, 5.41) is 13.4. The van der Waals surface area contributed by atoms with Crippen LogP contribution in [0.3, 0.4) is 0 Å². The maximum absolute atomic E-state index is 14.4. The number of hydrogen-bond donors (Lipinski definition) is 2. The predicted octanol–water partition coefficient (Wildman–Crippen LogP) is 5.56. The van der Waals surface area contributed by atoms with Crippen molar-refractivity contribution in [2.45, 2.75) is 42.5 Å². The summed E-state index contributed by atoms with van der Waals surface area (Å²) in [5.74, 6) is -0.694. The number of fused-ring (bicyclic) bond motifs is 1. The fourth-order valence-corrected chi connectivity index (χ4v) is 7.06. The highest BCUT2D eigenvalue weighted by Gasteiger charge is 2.41. The lowest BCUT2D eigenvalue weighted by atomic mass is 9.79. The number of rotatable bonds is 9. The predicted molar refractivity (Wildman–Crippen MR) is 164 cm³/mol. The number of amides is 2. The zero-order valence-corrected chi connectivity index (χ0v) is 24.5. The lowest BCUT2D eigenvalue weighted by molar-refractivity contribution is -0.123. The molecular formula is C33H36FN3O4S. The normalized spacial score (nSPS) is 20.3. The van der Waals surface area contributed by atoms with Crippen LogP contribution in [0.25, 0.3) is 11.1 Å². The molecule has 0 radical (unpaired) electrons. The second kappa shape index (κ2) is 12.5. The van der Waals surface area contributed by atoms with Crippen LogP contribution in [-0.2, 0) is 14.3 Å². The summed E-state index contributed by atoms with van der Waals surface area (Å²) in [6.45, 7) is 2.56. The molecule has 220 valence electrons. The van der Waals surface area contributed by atoms with Crippen molar-refractivity contribution in [3.8, 4) is 16.9 Å². The lowest BCUT2D eigenvalue weighted by Gasteiger charge is -2.36. The molecule has 3 aromatic carbocycles. The Morgan fingerprint density at radius 1 is 1.12 bits per heavy atom. The van der Waals surface area contributed by atoms with Crippen LogP contribution in [0.2, 0.25) is 0 Å². The number of benzene rings is 3. The Morgan fingerprint density at radius 2 is 1.95 bits per heavy atom. The van der Waals surface area contributed by atoms with Crippen LogP contribution < -0.4 is 15.1 Å². The van der Waals surface area contributed by atoms with Gasteiger partial charge in [-0.15, -0.1) is 11.8 Å². The van der Waals surface area contributed by atoms with Crippen LogP contribution in [-0.4, -0.2) is 62.1 Å². The zero-order chi connectivity index (χ0) is 29.2. The molecule has 1 aliphatic carbocycles. The molecule has 2 N–H and O–H groups in total. The molecular weight excluding hydrogens is 553 g/mol. The van der Waals surface area contributed by atoms with Gasteiger partial charge in [0.25, 0.3) is 0 Å². The molecule has 9 heteroatoms. The molecule has 0 spiro atoms. The molecule has 3 aromatic rings. The van der Waals surface area contributed by atoms with E-state index in [4.69, 9.17) is 4.74 Å². The summed E-state index contributed by atoms with van der Waals surface area (Å²) in [6, 6.07) is 18.6. The SMILES string of the molecule is COCCCN1C(=O)CSc2ccc(N(C(=O)[C@H]3CNCC[C@@H]3c3cccc(-c4ccc(F)c(O)c4)c3)C3CC3)cc21. The van der Waals surface area contributed by atoms with Crippen molar-refractivity contribution in [3.05, 3.63) is 72.0 Å².